The van der Waals surface area contributed by atoms with Gasteiger partial charge in [-0.25, -0.2) is 4.39 Å². The van der Waals surface area contributed by atoms with Crippen LogP contribution in [-0.2, 0) is 0 Å². The molecule has 0 spiro atoms. The monoisotopic (exact) mass is 184 g/mol. The number of hydrogen-bond acceptors (Lipinski definition) is 2. The molecule has 3 atom stereocenters. The van der Waals surface area contributed by atoms with Crippen molar-refractivity contribution in [1.82, 2.24) is 5.32 Å². The molecule has 1 fully saturated rings. The highest BCUT2D eigenvalue weighted by atomic mass is 19.1. The van der Waals surface area contributed by atoms with Gasteiger partial charge in [0.25, 0.3) is 0 Å². The number of nitrogens with one attached hydrogen (secondary N) is 1. The molecule has 3 heteroatoms. The van der Waals surface area contributed by atoms with Crippen LogP contribution >= 0.6 is 0 Å². The standard InChI is InChI=1S/C10H17FN2/c1-8(6-11)13-10-4-2-3-9(5-10)7-12/h8-10,13H,2-6H2,1H3. The number of hydrogen-bond donors (Lipinski definition) is 1. The van der Waals surface area contributed by atoms with E-state index in [1.165, 1.54) is 0 Å². The molecule has 1 saturated carbocycles. The second kappa shape index (κ2) is 5.18. The Hall–Kier alpha value is -0.620. The third-order valence-electron chi connectivity index (χ3n) is 2.61. The van der Waals surface area contributed by atoms with Crippen molar-refractivity contribution in [3.63, 3.8) is 0 Å². The summed E-state index contributed by atoms with van der Waals surface area (Å²) in [6.07, 6.45) is 4.08. The molecule has 0 aromatic heterocycles. The maximum atomic E-state index is 12.2. The van der Waals surface area contributed by atoms with E-state index in [2.05, 4.69) is 11.4 Å². The summed E-state index contributed by atoms with van der Waals surface area (Å²) in [5.74, 6) is 0.179. The van der Waals surface area contributed by atoms with Gasteiger partial charge in [0.1, 0.15) is 6.67 Å². The van der Waals surface area contributed by atoms with Crippen molar-refractivity contribution in [2.24, 2.45) is 5.92 Å². The van der Waals surface area contributed by atoms with E-state index in [0.717, 1.165) is 25.7 Å². The summed E-state index contributed by atoms with van der Waals surface area (Å²) in [6, 6.07) is 2.58. The van der Waals surface area contributed by atoms with Crippen LogP contribution in [0, 0.1) is 17.2 Å². The lowest BCUT2D eigenvalue weighted by Gasteiger charge is -2.28. The van der Waals surface area contributed by atoms with E-state index in [-0.39, 0.29) is 18.6 Å². The highest BCUT2D eigenvalue weighted by Crippen LogP contribution is 2.23. The molecule has 2 nitrogen and oxygen atoms in total. The van der Waals surface area contributed by atoms with Crippen LogP contribution in [0.25, 0.3) is 0 Å². The Morgan fingerprint density at radius 2 is 2.38 bits per heavy atom. The zero-order chi connectivity index (χ0) is 9.68. The number of nitriles is 1. The van der Waals surface area contributed by atoms with Crippen LogP contribution in [0.4, 0.5) is 4.39 Å². The maximum absolute atomic E-state index is 12.2. The van der Waals surface area contributed by atoms with Crippen LogP contribution in [0.15, 0.2) is 0 Å². The fourth-order valence-corrected chi connectivity index (χ4v) is 1.91. The van der Waals surface area contributed by atoms with Crippen LogP contribution in [-0.4, -0.2) is 18.8 Å². The SMILES string of the molecule is CC(CF)NC1CCCC(C#N)C1. The van der Waals surface area contributed by atoms with Gasteiger partial charge < -0.3 is 5.32 Å². The summed E-state index contributed by atoms with van der Waals surface area (Å²) in [4.78, 5) is 0. The van der Waals surface area contributed by atoms with Crippen molar-refractivity contribution in [2.45, 2.75) is 44.7 Å². The van der Waals surface area contributed by atoms with Crippen LogP contribution in [0.1, 0.15) is 32.6 Å². The second-order valence-electron chi connectivity index (χ2n) is 3.91. The van der Waals surface area contributed by atoms with E-state index < -0.39 is 0 Å². The van der Waals surface area contributed by atoms with Gasteiger partial charge in [0.15, 0.2) is 0 Å². The molecule has 0 aromatic carbocycles. The third-order valence-corrected chi connectivity index (χ3v) is 2.61. The van der Waals surface area contributed by atoms with Crippen LogP contribution in [0.2, 0.25) is 0 Å². The molecule has 0 aliphatic heterocycles. The summed E-state index contributed by atoms with van der Waals surface area (Å²) in [5, 5.41) is 12.0. The van der Waals surface area contributed by atoms with E-state index in [9.17, 15) is 4.39 Å². The molecule has 1 rings (SSSR count). The van der Waals surface area contributed by atoms with Gasteiger partial charge in [-0.05, 0) is 26.2 Å². The molecule has 1 N–H and O–H groups in total. The minimum absolute atomic E-state index is 0.0672. The van der Waals surface area contributed by atoms with E-state index in [4.69, 9.17) is 5.26 Å². The molecule has 74 valence electrons. The van der Waals surface area contributed by atoms with Crippen LogP contribution in [0.3, 0.4) is 0 Å². The Morgan fingerprint density at radius 1 is 1.62 bits per heavy atom. The summed E-state index contributed by atoms with van der Waals surface area (Å²) in [7, 11) is 0. The van der Waals surface area contributed by atoms with Gasteiger partial charge in [-0.2, -0.15) is 5.26 Å². The molecule has 0 radical (unpaired) electrons. The number of nitrogens with zero attached hydrogens (tertiary/aromatic N) is 1. The molecule has 1 aliphatic rings. The number of halogens is 1. The van der Waals surface area contributed by atoms with Gasteiger partial charge in [-0.15, -0.1) is 0 Å². The Bertz CT molecular complexity index is 188. The zero-order valence-corrected chi connectivity index (χ0v) is 8.09. The lowest BCUT2D eigenvalue weighted by molar-refractivity contribution is 0.283. The molecule has 0 heterocycles. The average Bonchev–Trinajstić information content (AvgIpc) is 2.18. The largest absolute Gasteiger partial charge is 0.309 e. The van der Waals surface area contributed by atoms with Gasteiger partial charge >= 0.3 is 0 Å². The smallest absolute Gasteiger partial charge is 0.104 e. The van der Waals surface area contributed by atoms with Crippen molar-refractivity contribution < 1.29 is 4.39 Å². The van der Waals surface area contributed by atoms with E-state index in [1.807, 2.05) is 6.92 Å². The maximum Gasteiger partial charge on any atom is 0.104 e. The minimum atomic E-state index is -0.326. The predicted molar refractivity (Wildman–Crippen MR) is 49.9 cm³/mol. The van der Waals surface area contributed by atoms with Gasteiger partial charge in [0, 0.05) is 18.0 Å². The quantitative estimate of drug-likeness (QED) is 0.728. The van der Waals surface area contributed by atoms with Crippen molar-refractivity contribution in [3.8, 4) is 6.07 Å². The molecule has 3 unspecified atom stereocenters. The molecule has 0 aromatic rings. The molecular formula is C10H17FN2. The summed E-state index contributed by atoms with van der Waals surface area (Å²) in [5.41, 5.74) is 0. The van der Waals surface area contributed by atoms with E-state index in [0.29, 0.717) is 6.04 Å². The molecule has 0 saturated heterocycles. The molecular weight excluding hydrogens is 167 g/mol. The first-order chi connectivity index (χ1) is 6.26. The Labute approximate surface area is 79.1 Å². The van der Waals surface area contributed by atoms with E-state index in [1.54, 1.807) is 0 Å². The van der Waals surface area contributed by atoms with Gasteiger partial charge in [0.05, 0.1) is 6.07 Å². The Kier molecular flexibility index (Phi) is 4.17. The fourth-order valence-electron chi connectivity index (χ4n) is 1.91. The first kappa shape index (κ1) is 10.5. The van der Waals surface area contributed by atoms with Crippen molar-refractivity contribution >= 4 is 0 Å². The summed E-state index contributed by atoms with van der Waals surface area (Å²) >= 11 is 0. The predicted octanol–water partition coefficient (Wildman–Crippen LogP) is 2.02. The van der Waals surface area contributed by atoms with Crippen molar-refractivity contribution in [2.75, 3.05) is 6.67 Å². The summed E-state index contributed by atoms with van der Waals surface area (Å²) < 4.78 is 12.2. The molecule has 0 bridgehead atoms. The van der Waals surface area contributed by atoms with Crippen molar-refractivity contribution in [1.29, 1.82) is 5.26 Å². The van der Waals surface area contributed by atoms with Gasteiger partial charge in [-0.1, -0.05) is 6.42 Å². The topological polar surface area (TPSA) is 35.8 Å². The van der Waals surface area contributed by atoms with Crippen LogP contribution < -0.4 is 5.32 Å². The highest BCUT2D eigenvalue weighted by Gasteiger charge is 2.22. The summed E-state index contributed by atoms with van der Waals surface area (Å²) in [6.45, 7) is 1.52. The van der Waals surface area contributed by atoms with E-state index >= 15 is 0 Å². The fraction of sp³-hybridized carbons (Fsp3) is 0.900. The Morgan fingerprint density at radius 3 is 3.00 bits per heavy atom. The molecule has 13 heavy (non-hydrogen) atoms. The average molecular weight is 184 g/mol. The third kappa shape index (κ3) is 3.31. The highest BCUT2D eigenvalue weighted by molar-refractivity contribution is 4.90. The number of rotatable bonds is 3. The first-order valence-corrected chi connectivity index (χ1v) is 4.98. The zero-order valence-electron chi connectivity index (χ0n) is 8.09. The van der Waals surface area contributed by atoms with Crippen LogP contribution in [0.5, 0.6) is 0 Å². The van der Waals surface area contributed by atoms with Gasteiger partial charge in [-0.3, -0.25) is 0 Å². The number of alkyl halides is 1. The van der Waals surface area contributed by atoms with Gasteiger partial charge in [0.2, 0.25) is 0 Å². The molecule has 0 amide bonds. The second-order valence-corrected chi connectivity index (χ2v) is 3.91. The lowest BCUT2D eigenvalue weighted by atomic mass is 9.86. The van der Waals surface area contributed by atoms with Crippen molar-refractivity contribution in [3.05, 3.63) is 0 Å². The first-order valence-electron chi connectivity index (χ1n) is 4.98. The normalized spacial score (nSPS) is 30.8. The Balaban J connectivity index is 2.30. The minimum Gasteiger partial charge on any atom is -0.309 e. The molecule has 1 aliphatic carbocycles. The lowest BCUT2D eigenvalue weighted by Crippen LogP contribution is -2.40.